The number of aliphatic hydroxyl groups excluding tert-OH is 1. The number of carbonyl (C=O) groups is 2. The number of rotatable bonds is 4. The van der Waals surface area contributed by atoms with E-state index in [2.05, 4.69) is 0 Å². The third-order valence-electron chi connectivity index (χ3n) is 8.17. The summed E-state index contributed by atoms with van der Waals surface area (Å²) in [6.07, 6.45) is -0.174. The Morgan fingerprint density at radius 3 is 2.41 bits per heavy atom. The predicted molar refractivity (Wildman–Crippen MR) is 100.0 cm³/mol. The second-order valence-corrected chi connectivity index (χ2v) is 9.09. The van der Waals surface area contributed by atoms with Gasteiger partial charge in [0.05, 0.1) is 11.8 Å². The third-order valence-corrected chi connectivity index (χ3v) is 8.17. The Balaban J connectivity index is 2.17. The molecule has 8 heteroatoms. The van der Waals surface area contributed by atoms with Crippen LogP contribution in [-0.2, 0) is 23.8 Å². The van der Waals surface area contributed by atoms with E-state index in [0.717, 1.165) is 0 Å². The minimum atomic E-state index is -2.49. The Morgan fingerprint density at radius 1 is 1.17 bits per heavy atom. The Morgan fingerprint density at radius 2 is 1.83 bits per heavy atom. The van der Waals surface area contributed by atoms with Gasteiger partial charge < -0.3 is 29.5 Å². The summed E-state index contributed by atoms with van der Waals surface area (Å²) >= 11 is 0. The minimum Gasteiger partial charge on any atom is -0.504 e. The number of Topliss-reactive ketones (excluding diaryl/α,β-unsaturated/α-hetero) is 1. The fourth-order valence-electron chi connectivity index (χ4n) is 7.06. The van der Waals surface area contributed by atoms with E-state index in [1.54, 1.807) is 20.8 Å². The maximum atomic E-state index is 13.2. The molecule has 1 heterocycles. The molecule has 29 heavy (non-hydrogen) atoms. The van der Waals surface area contributed by atoms with Gasteiger partial charge in [0.15, 0.2) is 17.0 Å². The molecule has 7 atom stereocenters. The van der Waals surface area contributed by atoms with Crippen LogP contribution in [0.15, 0.2) is 11.3 Å². The van der Waals surface area contributed by atoms with Crippen molar-refractivity contribution in [3.05, 3.63) is 11.3 Å². The number of carbonyl (C=O) groups excluding carboxylic acids is 2. The summed E-state index contributed by atoms with van der Waals surface area (Å²) in [6, 6.07) is 0. The highest BCUT2D eigenvalue weighted by atomic mass is 16.6. The van der Waals surface area contributed by atoms with Gasteiger partial charge in [0.1, 0.15) is 11.7 Å². The first kappa shape index (κ1) is 20.8. The quantitative estimate of drug-likeness (QED) is 0.591. The van der Waals surface area contributed by atoms with Crippen molar-refractivity contribution in [2.45, 2.75) is 82.4 Å². The first-order valence-corrected chi connectivity index (χ1v) is 10.3. The van der Waals surface area contributed by atoms with Crippen LogP contribution >= 0.6 is 0 Å². The van der Waals surface area contributed by atoms with E-state index in [-0.39, 0.29) is 31.1 Å². The van der Waals surface area contributed by atoms with Crippen molar-refractivity contribution in [3.8, 4) is 0 Å². The zero-order valence-electron chi connectivity index (χ0n) is 17.6. The fourth-order valence-corrected chi connectivity index (χ4v) is 7.06. The maximum Gasteiger partial charge on any atom is 0.307 e. The third kappa shape index (κ3) is 1.71. The number of ether oxygens (including phenoxy) is 3. The van der Waals surface area contributed by atoms with Gasteiger partial charge in [0.25, 0.3) is 0 Å². The van der Waals surface area contributed by atoms with Crippen LogP contribution in [0.5, 0.6) is 0 Å². The van der Waals surface area contributed by atoms with Crippen molar-refractivity contribution < 1.29 is 39.1 Å². The molecule has 2 saturated carbocycles. The van der Waals surface area contributed by atoms with Crippen molar-refractivity contribution in [3.63, 3.8) is 0 Å². The standard InChI is InChI=1S/C21H30O8/c1-6-27-16-11(3)8-9-18(28-7-2)17(5)10-13(22)29-21(16,18)19(25)12(4)14(23)15(24)20(17,19)26/h11,16,23,25-26H,6-10H2,1-5H3/t11?,16?,17-,18-,19?,20-,21?/m0/s1. The molecule has 4 unspecified atom stereocenters. The summed E-state index contributed by atoms with van der Waals surface area (Å²) in [5.41, 5.74) is -9.77. The molecule has 4 aliphatic rings. The van der Waals surface area contributed by atoms with Crippen LogP contribution in [0.3, 0.4) is 0 Å². The van der Waals surface area contributed by atoms with Crippen LogP contribution in [0, 0.1) is 11.3 Å². The molecule has 4 rings (SSSR count). The van der Waals surface area contributed by atoms with E-state index in [4.69, 9.17) is 14.2 Å². The molecule has 1 saturated heterocycles. The molecule has 2 bridgehead atoms. The van der Waals surface area contributed by atoms with Gasteiger partial charge >= 0.3 is 5.97 Å². The molecule has 0 aromatic rings. The summed E-state index contributed by atoms with van der Waals surface area (Å²) in [5.74, 6) is -2.50. The summed E-state index contributed by atoms with van der Waals surface area (Å²) in [5, 5.41) is 34.7. The summed E-state index contributed by atoms with van der Waals surface area (Å²) in [4.78, 5) is 26.1. The van der Waals surface area contributed by atoms with Crippen LogP contribution in [0.1, 0.15) is 53.9 Å². The van der Waals surface area contributed by atoms with Gasteiger partial charge in [0.2, 0.25) is 11.4 Å². The molecule has 3 aliphatic carbocycles. The maximum absolute atomic E-state index is 13.2. The molecule has 3 N–H and O–H groups in total. The zero-order chi connectivity index (χ0) is 21.6. The monoisotopic (exact) mass is 410 g/mol. The van der Waals surface area contributed by atoms with Crippen LogP contribution in [-0.4, -0.2) is 68.8 Å². The average Bonchev–Trinajstić information content (AvgIpc) is 2.83. The van der Waals surface area contributed by atoms with E-state index in [0.29, 0.717) is 12.8 Å². The van der Waals surface area contributed by atoms with Crippen molar-refractivity contribution >= 4 is 11.8 Å². The number of fused-ring (bicyclic) bond motifs is 2. The zero-order valence-corrected chi connectivity index (χ0v) is 17.6. The lowest BCUT2D eigenvalue weighted by Gasteiger charge is -2.62. The van der Waals surface area contributed by atoms with Gasteiger partial charge in [-0.05, 0) is 39.5 Å². The number of esters is 1. The lowest BCUT2D eigenvalue weighted by atomic mass is 9.55. The second-order valence-electron chi connectivity index (χ2n) is 9.09. The van der Waals surface area contributed by atoms with Crippen LogP contribution in [0.25, 0.3) is 0 Å². The molecule has 0 aromatic carbocycles. The Kier molecular flexibility index (Phi) is 4.16. The fraction of sp³-hybridized carbons (Fsp3) is 0.810. The molecular weight excluding hydrogens is 380 g/mol. The second kappa shape index (κ2) is 5.81. The van der Waals surface area contributed by atoms with Gasteiger partial charge in [-0.3, -0.25) is 9.59 Å². The minimum absolute atomic E-state index is 0.119. The molecule has 8 nitrogen and oxygen atoms in total. The smallest absolute Gasteiger partial charge is 0.307 e. The number of aliphatic hydroxyl groups is 3. The first-order chi connectivity index (χ1) is 13.5. The Bertz CT molecular complexity index is 821. The van der Waals surface area contributed by atoms with E-state index in [1.165, 1.54) is 6.92 Å². The lowest BCUT2D eigenvalue weighted by Crippen LogP contribution is -2.78. The molecule has 1 aliphatic heterocycles. The number of hydrogen-bond acceptors (Lipinski definition) is 8. The summed E-state index contributed by atoms with van der Waals surface area (Å²) in [7, 11) is 0. The number of ketones is 1. The van der Waals surface area contributed by atoms with Gasteiger partial charge in [0, 0.05) is 18.8 Å². The summed E-state index contributed by atoms with van der Waals surface area (Å²) in [6.45, 7) is 8.94. The largest absolute Gasteiger partial charge is 0.504 e. The van der Waals surface area contributed by atoms with E-state index in [9.17, 15) is 24.9 Å². The van der Waals surface area contributed by atoms with Crippen molar-refractivity contribution in [1.82, 2.24) is 0 Å². The molecule has 3 fully saturated rings. The molecule has 0 aromatic heterocycles. The topological polar surface area (TPSA) is 123 Å². The highest BCUT2D eigenvalue weighted by Gasteiger charge is 2.97. The van der Waals surface area contributed by atoms with Gasteiger partial charge in [-0.15, -0.1) is 0 Å². The Hall–Kier alpha value is -1.48. The van der Waals surface area contributed by atoms with Crippen LogP contribution < -0.4 is 0 Å². The van der Waals surface area contributed by atoms with E-state index in [1.807, 2.05) is 6.92 Å². The predicted octanol–water partition coefficient (Wildman–Crippen LogP) is 1.18. The SMILES string of the molecule is CCOC1C(C)CC[C@@]2(OCC)C13OC(=O)C[C@]2(C)[C@@]1(O)C(=O)C(O)=C(C)C31O. The average molecular weight is 410 g/mol. The van der Waals surface area contributed by atoms with E-state index >= 15 is 0 Å². The highest BCUT2D eigenvalue weighted by molar-refractivity contribution is 6.08. The van der Waals surface area contributed by atoms with Gasteiger partial charge in [-0.25, -0.2) is 0 Å². The van der Waals surface area contributed by atoms with Crippen molar-refractivity contribution in [1.29, 1.82) is 0 Å². The van der Waals surface area contributed by atoms with E-state index < -0.39 is 51.4 Å². The molecule has 162 valence electrons. The Labute approximate surface area is 169 Å². The normalized spacial score (nSPS) is 51.1. The number of hydrogen-bond donors (Lipinski definition) is 3. The molecule has 0 radical (unpaired) electrons. The molecule has 0 spiro atoms. The first-order valence-electron chi connectivity index (χ1n) is 10.3. The van der Waals surface area contributed by atoms with Crippen LogP contribution in [0.2, 0.25) is 0 Å². The molecular formula is C21H30O8. The van der Waals surface area contributed by atoms with Crippen molar-refractivity contribution in [2.24, 2.45) is 11.3 Å². The lowest BCUT2D eigenvalue weighted by molar-refractivity contribution is -0.325. The molecule has 0 amide bonds. The van der Waals surface area contributed by atoms with Crippen molar-refractivity contribution in [2.75, 3.05) is 13.2 Å². The highest BCUT2D eigenvalue weighted by Crippen LogP contribution is 2.77. The van der Waals surface area contributed by atoms with Crippen LogP contribution in [0.4, 0.5) is 0 Å². The van der Waals surface area contributed by atoms with Gasteiger partial charge in [-0.2, -0.15) is 0 Å². The summed E-state index contributed by atoms with van der Waals surface area (Å²) < 4.78 is 18.3. The van der Waals surface area contributed by atoms with Gasteiger partial charge in [-0.1, -0.05) is 13.8 Å².